The van der Waals surface area contributed by atoms with E-state index in [2.05, 4.69) is 0 Å². The molecule has 0 spiro atoms. The molecule has 6 heteroatoms. The number of nitrogens with zero attached hydrogens (tertiary/aromatic N) is 2. The maximum Gasteiger partial charge on any atom is 0.410 e. The number of likely N-dealkylation sites (tertiary alicyclic amines) is 1. The van der Waals surface area contributed by atoms with Crippen LogP contribution >= 0.6 is 11.3 Å². The molecule has 1 saturated heterocycles. The normalized spacial score (nSPS) is 18.4. The minimum atomic E-state index is -0.479. The fourth-order valence-corrected chi connectivity index (χ4v) is 3.86. The molecule has 0 bridgehead atoms. The van der Waals surface area contributed by atoms with Gasteiger partial charge >= 0.3 is 6.09 Å². The van der Waals surface area contributed by atoms with Crippen LogP contribution in [-0.2, 0) is 4.74 Å². The lowest BCUT2D eigenvalue weighted by Gasteiger charge is -2.35. The molecule has 0 aliphatic carbocycles. The molecule has 1 atom stereocenters. The summed E-state index contributed by atoms with van der Waals surface area (Å²) in [4.78, 5) is 29.1. The molecule has 5 nitrogen and oxygen atoms in total. The molecule has 1 aromatic heterocycles. The van der Waals surface area contributed by atoms with Crippen LogP contribution in [0.4, 0.5) is 4.79 Å². The summed E-state index contributed by atoms with van der Waals surface area (Å²) < 4.78 is 5.46. The maximum absolute atomic E-state index is 12.5. The Morgan fingerprint density at radius 1 is 1.42 bits per heavy atom. The SMILES string of the molecule is Cc1ccsc1C(=O)N(C)C[C@@H]1CCCN(C(=O)OC(C)(C)C)C1. The Morgan fingerprint density at radius 3 is 2.71 bits per heavy atom. The van der Waals surface area contributed by atoms with Crippen LogP contribution in [0.15, 0.2) is 11.4 Å². The minimum absolute atomic E-state index is 0.0666. The average Bonchev–Trinajstić information content (AvgIpc) is 2.91. The van der Waals surface area contributed by atoms with Crippen molar-refractivity contribution in [2.75, 3.05) is 26.7 Å². The summed E-state index contributed by atoms with van der Waals surface area (Å²) >= 11 is 1.48. The molecule has 1 fully saturated rings. The second-order valence-electron chi connectivity index (χ2n) is 7.55. The number of hydrogen-bond donors (Lipinski definition) is 0. The first-order chi connectivity index (χ1) is 11.2. The van der Waals surface area contributed by atoms with E-state index in [1.807, 2.05) is 46.2 Å². The van der Waals surface area contributed by atoms with E-state index in [0.717, 1.165) is 29.8 Å². The van der Waals surface area contributed by atoms with Gasteiger partial charge < -0.3 is 14.5 Å². The molecule has 2 rings (SSSR count). The predicted octanol–water partition coefficient (Wildman–Crippen LogP) is 3.78. The molecule has 24 heavy (non-hydrogen) atoms. The monoisotopic (exact) mass is 352 g/mol. The van der Waals surface area contributed by atoms with Gasteiger partial charge in [0.15, 0.2) is 0 Å². The van der Waals surface area contributed by atoms with Crippen molar-refractivity contribution in [1.82, 2.24) is 9.80 Å². The van der Waals surface area contributed by atoms with Gasteiger partial charge in [0.1, 0.15) is 5.60 Å². The Balaban J connectivity index is 1.92. The molecule has 1 aromatic rings. The number of thiophene rings is 1. The third-order valence-electron chi connectivity index (χ3n) is 4.11. The molecule has 2 heterocycles. The van der Waals surface area contributed by atoms with E-state index in [0.29, 0.717) is 19.0 Å². The Morgan fingerprint density at radius 2 is 2.12 bits per heavy atom. The quantitative estimate of drug-likeness (QED) is 0.832. The Labute approximate surface area is 148 Å². The van der Waals surface area contributed by atoms with Crippen LogP contribution in [0.3, 0.4) is 0 Å². The zero-order valence-electron chi connectivity index (χ0n) is 15.3. The first kappa shape index (κ1) is 18.8. The van der Waals surface area contributed by atoms with Gasteiger partial charge in [0.05, 0.1) is 4.88 Å². The van der Waals surface area contributed by atoms with E-state index in [1.54, 1.807) is 9.80 Å². The lowest BCUT2D eigenvalue weighted by atomic mass is 9.97. The number of carbonyl (C=O) groups excluding carboxylic acids is 2. The minimum Gasteiger partial charge on any atom is -0.444 e. The second kappa shape index (κ2) is 7.55. The molecule has 0 unspecified atom stereocenters. The highest BCUT2D eigenvalue weighted by atomic mass is 32.1. The van der Waals surface area contributed by atoms with Crippen LogP contribution in [0.1, 0.15) is 48.8 Å². The summed E-state index contributed by atoms with van der Waals surface area (Å²) in [6, 6.07) is 1.97. The first-order valence-electron chi connectivity index (χ1n) is 8.45. The largest absolute Gasteiger partial charge is 0.444 e. The van der Waals surface area contributed by atoms with Crippen LogP contribution < -0.4 is 0 Å². The van der Waals surface area contributed by atoms with Crippen molar-refractivity contribution >= 4 is 23.3 Å². The Kier molecular flexibility index (Phi) is 5.91. The zero-order chi connectivity index (χ0) is 17.9. The van der Waals surface area contributed by atoms with E-state index in [4.69, 9.17) is 4.74 Å². The highest BCUT2D eigenvalue weighted by Crippen LogP contribution is 2.22. The van der Waals surface area contributed by atoms with Crippen LogP contribution in [0.5, 0.6) is 0 Å². The molecule has 2 amide bonds. The summed E-state index contributed by atoms with van der Waals surface area (Å²) in [6.45, 7) is 9.63. The topological polar surface area (TPSA) is 49.9 Å². The van der Waals surface area contributed by atoms with Crippen molar-refractivity contribution in [1.29, 1.82) is 0 Å². The molecule has 1 aliphatic heterocycles. The predicted molar refractivity (Wildman–Crippen MR) is 96.5 cm³/mol. The van der Waals surface area contributed by atoms with E-state index >= 15 is 0 Å². The van der Waals surface area contributed by atoms with Gasteiger partial charge in [-0.3, -0.25) is 4.79 Å². The molecular weight excluding hydrogens is 324 g/mol. The molecule has 1 aliphatic rings. The molecule has 0 saturated carbocycles. The summed E-state index contributed by atoms with van der Waals surface area (Å²) in [5.74, 6) is 0.359. The summed E-state index contributed by atoms with van der Waals surface area (Å²) in [5, 5.41) is 1.95. The van der Waals surface area contributed by atoms with Crippen LogP contribution in [-0.4, -0.2) is 54.1 Å². The van der Waals surface area contributed by atoms with Crippen molar-refractivity contribution in [2.24, 2.45) is 5.92 Å². The molecular formula is C18H28N2O3S. The molecule has 134 valence electrons. The smallest absolute Gasteiger partial charge is 0.410 e. The number of carbonyl (C=O) groups is 2. The third-order valence-corrected chi connectivity index (χ3v) is 5.11. The number of amides is 2. The maximum atomic E-state index is 12.5. The van der Waals surface area contributed by atoms with E-state index < -0.39 is 5.60 Å². The molecule has 0 aromatic carbocycles. The summed E-state index contributed by atoms with van der Waals surface area (Å²) in [7, 11) is 1.84. The van der Waals surface area contributed by atoms with Gasteiger partial charge in [-0.25, -0.2) is 4.79 Å². The van der Waals surface area contributed by atoms with Gasteiger partial charge in [-0.2, -0.15) is 0 Å². The average molecular weight is 353 g/mol. The highest BCUT2D eigenvalue weighted by molar-refractivity contribution is 7.12. The lowest BCUT2D eigenvalue weighted by molar-refractivity contribution is 0.0151. The van der Waals surface area contributed by atoms with Gasteiger partial charge in [0, 0.05) is 26.7 Å². The number of piperidine rings is 1. The molecule has 0 radical (unpaired) electrons. The number of hydrogen-bond acceptors (Lipinski definition) is 4. The summed E-state index contributed by atoms with van der Waals surface area (Å²) in [6.07, 6.45) is 1.72. The lowest BCUT2D eigenvalue weighted by Crippen LogP contribution is -2.45. The first-order valence-corrected chi connectivity index (χ1v) is 9.33. The summed E-state index contributed by atoms with van der Waals surface area (Å²) in [5.41, 5.74) is 0.545. The van der Waals surface area contributed by atoms with Gasteiger partial charge in [-0.15, -0.1) is 11.3 Å². The standard InChI is InChI=1S/C18H28N2O3S/c1-13-8-10-24-15(13)16(21)19(5)11-14-7-6-9-20(12-14)17(22)23-18(2,3)4/h8,10,14H,6-7,9,11-12H2,1-5H3/t14-/m0/s1. The van der Waals surface area contributed by atoms with Crippen molar-refractivity contribution in [2.45, 2.75) is 46.1 Å². The van der Waals surface area contributed by atoms with Gasteiger partial charge in [0.25, 0.3) is 5.91 Å². The van der Waals surface area contributed by atoms with Gasteiger partial charge in [0.2, 0.25) is 0 Å². The van der Waals surface area contributed by atoms with E-state index in [9.17, 15) is 9.59 Å². The van der Waals surface area contributed by atoms with E-state index in [1.165, 1.54) is 11.3 Å². The Hall–Kier alpha value is -1.56. The van der Waals surface area contributed by atoms with Crippen molar-refractivity contribution in [3.8, 4) is 0 Å². The second-order valence-corrected chi connectivity index (χ2v) is 8.47. The Bertz CT molecular complexity index is 591. The van der Waals surface area contributed by atoms with Crippen LogP contribution in [0.2, 0.25) is 0 Å². The van der Waals surface area contributed by atoms with Crippen LogP contribution in [0.25, 0.3) is 0 Å². The fourth-order valence-electron chi connectivity index (χ4n) is 2.94. The van der Waals surface area contributed by atoms with Crippen LogP contribution in [0, 0.1) is 12.8 Å². The van der Waals surface area contributed by atoms with Gasteiger partial charge in [-0.1, -0.05) is 0 Å². The van der Waals surface area contributed by atoms with Crippen molar-refractivity contribution in [3.05, 3.63) is 21.9 Å². The third kappa shape index (κ3) is 4.97. The molecule has 0 N–H and O–H groups in total. The number of aryl methyl sites for hydroxylation is 1. The number of rotatable bonds is 3. The van der Waals surface area contributed by atoms with Gasteiger partial charge in [-0.05, 0) is 63.5 Å². The van der Waals surface area contributed by atoms with Crippen molar-refractivity contribution in [3.63, 3.8) is 0 Å². The zero-order valence-corrected chi connectivity index (χ0v) is 16.1. The van der Waals surface area contributed by atoms with Crippen molar-refractivity contribution < 1.29 is 14.3 Å². The fraction of sp³-hybridized carbons (Fsp3) is 0.667. The van der Waals surface area contributed by atoms with E-state index in [-0.39, 0.29) is 12.0 Å². The highest BCUT2D eigenvalue weighted by Gasteiger charge is 2.29. The number of ether oxygens (including phenoxy) is 1.